The van der Waals surface area contributed by atoms with Gasteiger partial charge in [-0.25, -0.2) is 9.18 Å². The number of amides is 1. The Hall–Kier alpha value is -2.16. The first-order valence-corrected chi connectivity index (χ1v) is 5.08. The molecular weight excluding hydrogens is 286 g/mol. The fourth-order valence-electron chi connectivity index (χ4n) is 1.26. The third-order valence-corrected chi connectivity index (χ3v) is 2.30. The Morgan fingerprint density at radius 3 is 2.25 bits per heavy atom. The molecule has 9 heteroatoms. The van der Waals surface area contributed by atoms with E-state index in [2.05, 4.69) is 4.74 Å². The fraction of sp³-hybridized carbons (Fsp3) is 0.273. The first-order valence-electron chi connectivity index (χ1n) is 5.08. The highest BCUT2D eigenvalue weighted by molar-refractivity contribution is 5.98. The largest absolute Gasteiger partial charge is 0.465 e. The van der Waals surface area contributed by atoms with Gasteiger partial charge < -0.3 is 15.2 Å². The summed E-state index contributed by atoms with van der Waals surface area (Å²) in [5.74, 6) is -4.87. The molecule has 1 amide bonds. The van der Waals surface area contributed by atoms with Crippen LogP contribution in [-0.2, 0) is 9.53 Å². The number of esters is 1. The fourth-order valence-corrected chi connectivity index (χ4v) is 1.26. The molecule has 0 fully saturated rings. The van der Waals surface area contributed by atoms with Crippen molar-refractivity contribution in [1.82, 2.24) is 5.32 Å². The van der Waals surface area contributed by atoms with Crippen LogP contribution in [0.3, 0.4) is 0 Å². The van der Waals surface area contributed by atoms with Gasteiger partial charge in [-0.2, -0.15) is 13.2 Å². The number of aliphatic hydroxyl groups is 1. The number of methoxy groups -OCH3 is 1. The Bertz CT molecular complexity index is 531. The highest BCUT2D eigenvalue weighted by Crippen LogP contribution is 2.29. The number of alkyl halides is 3. The number of carbonyl (C=O) groups is 2. The third kappa shape index (κ3) is 2.87. The van der Waals surface area contributed by atoms with Crippen molar-refractivity contribution in [2.45, 2.75) is 11.9 Å². The number of hydrogen-bond acceptors (Lipinski definition) is 4. The molecule has 0 radical (unpaired) electrons. The molecule has 0 spiro atoms. The average molecular weight is 295 g/mol. The minimum atomic E-state index is -5.54. The summed E-state index contributed by atoms with van der Waals surface area (Å²) in [5.41, 5.74) is -5.03. The van der Waals surface area contributed by atoms with Gasteiger partial charge in [0.1, 0.15) is 5.82 Å². The lowest BCUT2D eigenvalue weighted by atomic mass is 10.1. The van der Waals surface area contributed by atoms with E-state index in [1.165, 1.54) is 12.1 Å². The van der Waals surface area contributed by atoms with Gasteiger partial charge in [0, 0.05) is 0 Å². The molecule has 0 bridgehead atoms. The molecule has 0 aromatic heterocycles. The predicted molar refractivity (Wildman–Crippen MR) is 56.9 cm³/mol. The number of hydrogen-bond donors (Lipinski definition) is 2. The van der Waals surface area contributed by atoms with Gasteiger partial charge in [-0.05, 0) is 12.1 Å². The van der Waals surface area contributed by atoms with E-state index in [-0.39, 0.29) is 0 Å². The Kier molecular flexibility index (Phi) is 4.33. The summed E-state index contributed by atoms with van der Waals surface area (Å²) in [7, 11) is 0.592. The molecule has 1 aromatic carbocycles. The Morgan fingerprint density at radius 1 is 1.25 bits per heavy atom. The van der Waals surface area contributed by atoms with Crippen molar-refractivity contribution in [3.8, 4) is 0 Å². The van der Waals surface area contributed by atoms with Crippen LogP contribution in [0, 0.1) is 5.82 Å². The number of benzene rings is 1. The molecule has 0 saturated carbocycles. The molecule has 1 atom stereocenters. The Morgan fingerprint density at radius 2 is 1.80 bits per heavy atom. The molecule has 0 heterocycles. The van der Waals surface area contributed by atoms with Gasteiger partial charge in [0.2, 0.25) is 0 Å². The maximum Gasteiger partial charge on any atom is 0.448 e. The summed E-state index contributed by atoms with van der Waals surface area (Å²) in [6.07, 6.45) is -5.54. The van der Waals surface area contributed by atoms with Crippen molar-refractivity contribution >= 4 is 11.9 Å². The van der Waals surface area contributed by atoms with Crippen LogP contribution >= 0.6 is 0 Å². The van der Waals surface area contributed by atoms with E-state index in [4.69, 9.17) is 0 Å². The van der Waals surface area contributed by atoms with Crippen LogP contribution in [0.25, 0.3) is 0 Å². The van der Waals surface area contributed by atoms with E-state index in [9.17, 15) is 32.3 Å². The van der Waals surface area contributed by atoms with Gasteiger partial charge >= 0.3 is 17.9 Å². The zero-order valence-corrected chi connectivity index (χ0v) is 9.99. The van der Waals surface area contributed by atoms with E-state index in [0.29, 0.717) is 7.11 Å². The van der Waals surface area contributed by atoms with E-state index in [0.717, 1.165) is 17.4 Å². The minimum absolute atomic E-state index is 0.592. The van der Waals surface area contributed by atoms with Gasteiger partial charge in [0.25, 0.3) is 5.91 Å². The summed E-state index contributed by atoms with van der Waals surface area (Å²) >= 11 is 0. The van der Waals surface area contributed by atoms with E-state index >= 15 is 0 Å². The quantitative estimate of drug-likeness (QED) is 0.495. The molecule has 2 N–H and O–H groups in total. The van der Waals surface area contributed by atoms with Gasteiger partial charge in [0.05, 0.1) is 12.7 Å². The van der Waals surface area contributed by atoms with E-state index in [1.807, 2.05) is 0 Å². The number of carbonyl (C=O) groups excluding carboxylic acids is 2. The van der Waals surface area contributed by atoms with Crippen molar-refractivity contribution in [1.29, 1.82) is 0 Å². The number of halogens is 4. The second-order valence-corrected chi connectivity index (χ2v) is 3.63. The monoisotopic (exact) mass is 295 g/mol. The zero-order valence-electron chi connectivity index (χ0n) is 9.99. The van der Waals surface area contributed by atoms with Crippen LogP contribution in [-0.4, -0.2) is 36.0 Å². The molecule has 5 nitrogen and oxygen atoms in total. The topological polar surface area (TPSA) is 75.6 Å². The molecule has 110 valence electrons. The lowest BCUT2D eigenvalue weighted by Crippen LogP contribution is -2.64. The standard InChI is InChI=1S/C11H9F4NO4/c1-20-9(18)10(19,11(13,14)15)16-8(17)6-4-2-3-5-7(6)12/h2-5,19H,1H3,(H,16,17)/t10-/m1/s1. The maximum absolute atomic E-state index is 13.3. The van der Waals surface area contributed by atoms with Gasteiger partial charge in [0.15, 0.2) is 0 Å². The van der Waals surface area contributed by atoms with Crippen LogP contribution in [0.1, 0.15) is 10.4 Å². The van der Waals surface area contributed by atoms with Crippen molar-refractivity contribution in [2.75, 3.05) is 7.11 Å². The Balaban J connectivity index is 3.13. The number of nitrogens with one attached hydrogen (secondary N) is 1. The third-order valence-electron chi connectivity index (χ3n) is 2.30. The van der Waals surface area contributed by atoms with Crippen molar-refractivity contribution < 1.29 is 37.0 Å². The van der Waals surface area contributed by atoms with Crippen molar-refractivity contribution in [3.05, 3.63) is 35.6 Å². The molecule has 0 unspecified atom stereocenters. The summed E-state index contributed by atoms with van der Waals surface area (Å²) in [6, 6.07) is 4.13. The maximum atomic E-state index is 13.3. The first kappa shape index (κ1) is 15.9. The molecule has 20 heavy (non-hydrogen) atoms. The summed E-state index contributed by atoms with van der Waals surface area (Å²) in [5, 5.41) is 10.3. The van der Waals surface area contributed by atoms with Crippen LogP contribution < -0.4 is 5.32 Å². The molecule has 0 aliphatic rings. The second-order valence-electron chi connectivity index (χ2n) is 3.63. The molecule has 1 rings (SSSR count). The van der Waals surface area contributed by atoms with Crippen LogP contribution in [0.15, 0.2) is 24.3 Å². The minimum Gasteiger partial charge on any atom is -0.465 e. The van der Waals surface area contributed by atoms with Gasteiger partial charge in [-0.3, -0.25) is 4.79 Å². The second kappa shape index (κ2) is 5.45. The van der Waals surface area contributed by atoms with Crippen LogP contribution in [0.5, 0.6) is 0 Å². The highest BCUT2D eigenvalue weighted by atomic mass is 19.4. The average Bonchev–Trinajstić information content (AvgIpc) is 2.36. The van der Waals surface area contributed by atoms with E-state index < -0.39 is 35.2 Å². The first-order chi connectivity index (χ1) is 9.13. The van der Waals surface area contributed by atoms with Crippen molar-refractivity contribution in [2.24, 2.45) is 0 Å². The van der Waals surface area contributed by atoms with Crippen molar-refractivity contribution in [3.63, 3.8) is 0 Å². The highest BCUT2D eigenvalue weighted by Gasteiger charge is 2.62. The zero-order chi connectivity index (χ0) is 15.6. The predicted octanol–water partition coefficient (Wildman–Crippen LogP) is 0.979. The SMILES string of the molecule is COC(=O)[C@](O)(NC(=O)c1ccccc1F)C(F)(F)F. The van der Waals surface area contributed by atoms with E-state index in [1.54, 1.807) is 0 Å². The molecular formula is C11H9F4NO4. The van der Waals surface area contributed by atoms with Gasteiger partial charge in [-0.1, -0.05) is 12.1 Å². The summed E-state index contributed by atoms with van der Waals surface area (Å²) in [4.78, 5) is 22.6. The molecule has 0 aliphatic carbocycles. The number of rotatable bonds is 3. The molecule has 1 aromatic rings. The molecule has 0 aliphatic heterocycles. The Labute approximate surface area is 110 Å². The van der Waals surface area contributed by atoms with Gasteiger partial charge in [-0.15, -0.1) is 0 Å². The lowest BCUT2D eigenvalue weighted by molar-refractivity contribution is -0.268. The van der Waals surface area contributed by atoms with Crippen LogP contribution in [0.4, 0.5) is 17.6 Å². The molecule has 0 saturated heterocycles. The smallest absolute Gasteiger partial charge is 0.448 e. The normalized spacial score (nSPS) is 14.3. The lowest BCUT2D eigenvalue weighted by Gasteiger charge is -2.28. The summed E-state index contributed by atoms with van der Waals surface area (Å²) in [6.45, 7) is 0. The summed E-state index contributed by atoms with van der Waals surface area (Å²) < 4.78 is 55.0. The number of ether oxygens (including phenoxy) is 1. The van der Waals surface area contributed by atoms with Crippen LogP contribution in [0.2, 0.25) is 0 Å².